The number of nitrogens with one attached hydrogen (secondary N) is 1. The van der Waals surface area contributed by atoms with Crippen LogP contribution in [0.15, 0.2) is 42.7 Å². The number of hydrogen-bond donors (Lipinski definition) is 2. The van der Waals surface area contributed by atoms with Gasteiger partial charge in [-0.3, -0.25) is 4.68 Å². The molecule has 23 heavy (non-hydrogen) atoms. The second-order valence-corrected chi connectivity index (χ2v) is 5.44. The number of nitrogens with zero attached hydrogens (tertiary/aromatic N) is 4. The second-order valence-electron chi connectivity index (χ2n) is 5.44. The smallest absolute Gasteiger partial charge is 0.169 e. The Bertz CT molecular complexity index is 794. The van der Waals surface area contributed by atoms with E-state index in [0.29, 0.717) is 18.2 Å². The van der Waals surface area contributed by atoms with Crippen LogP contribution in [0.3, 0.4) is 0 Å². The molecule has 0 saturated heterocycles. The maximum Gasteiger partial charge on any atom is 0.169 e. The van der Waals surface area contributed by atoms with Crippen molar-refractivity contribution < 1.29 is 0 Å². The Kier molecular flexibility index (Phi) is 4.23. The molecule has 6 nitrogen and oxygen atoms in total. The lowest BCUT2D eigenvalue weighted by molar-refractivity contribution is 0.658. The summed E-state index contributed by atoms with van der Waals surface area (Å²) in [6.07, 6.45) is 3.20. The highest BCUT2D eigenvalue weighted by atomic mass is 15.3. The lowest BCUT2D eigenvalue weighted by Crippen LogP contribution is -2.08. The predicted molar refractivity (Wildman–Crippen MR) is 91.0 cm³/mol. The van der Waals surface area contributed by atoms with Crippen LogP contribution >= 0.6 is 0 Å². The molecule has 0 amide bonds. The normalized spacial score (nSPS) is 10.7. The largest absolute Gasteiger partial charge is 0.381 e. The summed E-state index contributed by atoms with van der Waals surface area (Å²) in [5, 5.41) is 7.89. The minimum Gasteiger partial charge on any atom is -0.381 e. The van der Waals surface area contributed by atoms with Crippen molar-refractivity contribution in [3.05, 3.63) is 65.2 Å². The minimum absolute atomic E-state index is 0.402. The number of nitrogen functional groups attached to an aromatic ring is 1. The number of benzene rings is 1. The first kappa shape index (κ1) is 15.0. The number of nitrogens with two attached hydrogens (primary N) is 1. The molecule has 0 fully saturated rings. The summed E-state index contributed by atoms with van der Waals surface area (Å²) in [4.78, 5) is 8.23. The first-order valence-corrected chi connectivity index (χ1v) is 7.52. The molecule has 118 valence electrons. The zero-order chi connectivity index (χ0) is 16.2. The number of aryl methyl sites for hydroxylation is 1. The van der Waals surface area contributed by atoms with Gasteiger partial charge in [-0.1, -0.05) is 30.3 Å². The second kappa shape index (κ2) is 6.48. The van der Waals surface area contributed by atoms with Gasteiger partial charge >= 0.3 is 0 Å². The van der Waals surface area contributed by atoms with Crippen LogP contribution in [0.2, 0.25) is 0 Å². The van der Waals surface area contributed by atoms with E-state index in [0.717, 1.165) is 23.5 Å². The molecule has 2 heterocycles. The van der Waals surface area contributed by atoms with Gasteiger partial charge in [0.15, 0.2) is 11.6 Å². The molecular formula is C17H20N6. The van der Waals surface area contributed by atoms with Crippen LogP contribution in [0.5, 0.6) is 0 Å². The summed E-state index contributed by atoms with van der Waals surface area (Å²) in [6, 6.07) is 10.3. The Hall–Kier alpha value is -2.89. The molecule has 6 heteroatoms. The average molecular weight is 308 g/mol. The molecule has 3 aromatic rings. The van der Waals surface area contributed by atoms with Crippen molar-refractivity contribution >= 4 is 11.6 Å². The molecule has 0 spiro atoms. The van der Waals surface area contributed by atoms with E-state index in [-0.39, 0.29) is 0 Å². The van der Waals surface area contributed by atoms with Crippen LogP contribution in [-0.2, 0) is 13.1 Å². The van der Waals surface area contributed by atoms with Gasteiger partial charge < -0.3 is 11.1 Å². The molecule has 0 bridgehead atoms. The third kappa shape index (κ3) is 3.31. The third-order valence-electron chi connectivity index (χ3n) is 3.87. The lowest BCUT2D eigenvalue weighted by Gasteiger charge is -2.08. The van der Waals surface area contributed by atoms with E-state index in [1.807, 2.05) is 29.8 Å². The third-order valence-corrected chi connectivity index (χ3v) is 3.87. The molecule has 0 aliphatic carbocycles. The molecule has 0 atom stereocenters. The molecule has 0 saturated carbocycles. The van der Waals surface area contributed by atoms with Crippen LogP contribution in [0.1, 0.15) is 22.5 Å². The monoisotopic (exact) mass is 308 g/mol. The molecule has 0 radical (unpaired) electrons. The summed E-state index contributed by atoms with van der Waals surface area (Å²) in [7, 11) is 0. The summed E-state index contributed by atoms with van der Waals surface area (Å²) in [6.45, 7) is 5.49. The predicted octanol–water partition coefficient (Wildman–Crippen LogP) is 2.53. The van der Waals surface area contributed by atoms with Crippen molar-refractivity contribution in [2.75, 3.05) is 11.1 Å². The summed E-state index contributed by atoms with van der Waals surface area (Å²) < 4.78 is 2.03. The number of aromatic nitrogens is 4. The van der Waals surface area contributed by atoms with Gasteiger partial charge in [0, 0.05) is 30.2 Å². The van der Waals surface area contributed by atoms with E-state index in [1.165, 1.54) is 5.56 Å². The highest BCUT2D eigenvalue weighted by Crippen LogP contribution is 2.18. The standard InChI is InChI=1S/C17H20N6/c1-12-15(10-21-17-16(18)19-8-9-20-17)13(2)23(22-12)11-14-6-4-3-5-7-14/h3-9H,10-11H2,1-2H3,(H2,18,19)(H,20,21). The van der Waals surface area contributed by atoms with Crippen LogP contribution < -0.4 is 11.1 Å². The van der Waals surface area contributed by atoms with Gasteiger partial charge in [0.25, 0.3) is 0 Å². The number of anilines is 2. The Morgan fingerprint density at radius 2 is 1.83 bits per heavy atom. The van der Waals surface area contributed by atoms with Crippen molar-refractivity contribution in [1.82, 2.24) is 19.7 Å². The quantitative estimate of drug-likeness (QED) is 0.757. The molecular weight excluding hydrogens is 288 g/mol. The van der Waals surface area contributed by atoms with Crippen LogP contribution in [-0.4, -0.2) is 19.7 Å². The SMILES string of the molecule is Cc1nn(Cc2ccccc2)c(C)c1CNc1nccnc1N. The van der Waals surface area contributed by atoms with Gasteiger partial charge in [0.1, 0.15) is 0 Å². The van der Waals surface area contributed by atoms with Crippen molar-refractivity contribution in [3.63, 3.8) is 0 Å². The number of hydrogen-bond acceptors (Lipinski definition) is 5. The van der Waals surface area contributed by atoms with Gasteiger partial charge in [0.2, 0.25) is 0 Å². The van der Waals surface area contributed by atoms with Crippen LogP contribution in [0.4, 0.5) is 11.6 Å². The fraction of sp³-hybridized carbons (Fsp3) is 0.235. The molecule has 2 aromatic heterocycles. The molecule has 3 N–H and O–H groups in total. The van der Waals surface area contributed by atoms with Crippen molar-refractivity contribution in [2.24, 2.45) is 0 Å². The fourth-order valence-corrected chi connectivity index (χ4v) is 2.56. The maximum absolute atomic E-state index is 5.81. The van der Waals surface area contributed by atoms with E-state index in [9.17, 15) is 0 Å². The van der Waals surface area contributed by atoms with Gasteiger partial charge in [-0.05, 0) is 19.4 Å². The zero-order valence-electron chi connectivity index (χ0n) is 13.3. The van der Waals surface area contributed by atoms with Crippen molar-refractivity contribution in [3.8, 4) is 0 Å². The first-order chi connectivity index (χ1) is 11.1. The number of rotatable bonds is 5. The summed E-state index contributed by atoms with van der Waals surface area (Å²) in [5.74, 6) is 1.00. The Balaban J connectivity index is 1.77. The van der Waals surface area contributed by atoms with E-state index < -0.39 is 0 Å². The minimum atomic E-state index is 0.402. The fourth-order valence-electron chi connectivity index (χ4n) is 2.56. The molecule has 3 rings (SSSR count). The molecule has 0 aliphatic rings. The molecule has 1 aromatic carbocycles. The van der Waals surface area contributed by atoms with Crippen LogP contribution in [0.25, 0.3) is 0 Å². The lowest BCUT2D eigenvalue weighted by atomic mass is 10.2. The molecule has 0 unspecified atom stereocenters. The Morgan fingerprint density at radius 3 is 2.57 bits per heavy atom. The van der Waals surface area contributed by atoms with E-state index in [2.05, 4.69) is 39.4 Å². The van der Waals surface area contributed by atoms with Gasteiger partial charge in [0.05, 0.1) is 12.2 Å². The van der Waals surface area contributed by atoms with Gasteiger partial charge in [-0.25, -0.2) is 9.97 Å². The highest BCUT2D eigenvalue weighted by molar-refractivity contribution is 5.55. The van der Waals surface area contributed by atoms with Crippen molar-refractivity contribution in [1.29, 1.82) is 0 Å². The first-order valence-electron chi connectivity index (χ1n) is 7.52. The zero-order valence-corrected chi connectivity index (χ0v) is 13.3. The van der Waals surface area contributed by atoms with Crippen LogP contribution in [0, 0.1) is 13.8 Å². The summed E-state index contributed by atoms with van der Waals surface area (Å²) in [5.41, 5.74) is 10.3. The maximum atomic E-state index is 5.81. The van der Waals surface area contributed by atoms with E-state index >= 15 is 0 Å². The van der Waals surface area contributed by atoms with Gasteiger partial charge in [-0.2, -0.15) is 5.10 Å². The average Bonchev–Trinajstić information content (AvgIpc) is 2.82. The van der Waals surface area contributed by atoms with Crippen molar-refractivity contribution in [2.45, 2.75) is 26.9 Å². The Labute approximate surface area is 135 Å². The molecule has 0 aliphatic heterocycles. The highest BCUT2D eigenvalue weighted by Gasteiger charge is 2.12. The van der Waals surface area contributed by atoms with E-state index in [4.69, 9.17) is 5.73 Å². The van der Waals surface area contributed by atoms with E-state index in [1.54, 1.807) is 12.4 Å². The van der Waals surface area contributed by atoms with Gasteiger partial charge in [-0.15, -0.1) is 0 Å². The Morgan fingerprint density at radius 1 is 1.09 bits per heavy atom. The topological polar surface area (TPSA) is 81.7 Å². The summed E-state index contributed by atoms with van der Waals surface area (Å²) >= 11 is 0.